The van der Waals surface area contributed by atoms with Gasteiger partial charge in [-0.05, 0) is 29.5 Å². The van der Waals surface area contributed by atoms with Crippen molar-refractivity contribution in [3.63, 3.8) is 0 Å². The Morgan fingerprint density at radius 1 is 1.50 bits per heavy atom. The van der Waals surface area contributed by atoms with E-state index in [1.165, 1.54) is 15.6 Å². The van der Waals surface area contributed by atoms with Gasteiger partial charge in [-0.1, -0.05) is 12.1 Å². The van der Waals surface area contributed by atoms with Crippen LogP contribution in [0, 0.1) is 18.3 Å². The van der Waals surface area contributed by atoms with Crippen molar-refractivity contribution in [2.75, 3.05) is 0 Å². The lowest BCUT2D eigenvalue weighted by Crippen LogP contribution is -1.86. The van der Waals surface area contributed by atoms with Crippen LogP contribution in [0.2, 0.25) is 0 Å². The standard InChI is InChI=1S/C11H9NS2/c1-7-8(4-5-12)2-3-9-6-10(13)14-11(7)9/h2-3,6,13H,4H2,1H3. The maximum Gasteiger partial charge on any atom is 0.0669 e. The first-order chi connectivity index (χ1) is 6.72. The molecular weight excluding hydrogens is 210 g/mol. The van der Waals surface area contributed by atoms with E-state index in [2.05, 4.69) is 37.8 Å². The Bertz CT molecular complexity index is 520. The van der Waals surface area contributed by atoms with E-state index >= 15 is 0 Å². The molecule has 0 spiro atoms. The van der Waals surface area contributed by atoms with E-state index in [4.69, 9.17) is 5.26 Å². The Balaban J connectivity index is 2.69. The summed E-state index contributed by atoms with van der Waals surface area (Å²) in [6.07, 6.45) is 0.488. The quantitative estimate of drug-likeness (QED) is 0.728. The van der Waals surface area contributed by atoms with Gasteiger partial charge in [0, 0.05) is 4.70 Å². The van der Waals surface area contributed by atoms with Crippen LogP contribution in [0.3, 0.4) is 0 Å². The highest BCUT2D eigenvalue weighted by Crippen LogP contribution is 2.32. The van der Waals surface area contributed by atoms with E-state index in [1.54, 1.807) is 11.3 Å². The molecule has 0 amide bonds. The number of aryl methyl sites for hydroxylation is 1. The molecule has 1 aromatic carbocycles. The van der Waals surface area contributed by atoms with E-state index in [9.17, 15) is 0 Å². The van der Waals surface area contributed by atoms with E-state index < -0.39 is 0 Å². The normalized spacial score (nSPS) is 10.4. The molecular formula is C11H9NS2. The van der Waals surface area contributed by atoms with Crippen molar-refractivity contribution < 1.29 is 0 Å². The Labute approximate surface area is 92.4 Å². The number of thiophene rings is 1. The lowest BCUT2D eigenvalue weighted by atomic mass is 10.0. The Morgan fingerprint density at radius 3 is 3.00 bits per heavy atom. The monoisotopic (exact) mass is 219 g/mol. The highest BCUT2D eigenvalue weighted by Gasteiger charge is 2.05. The number of hydrogen-bond donors (Lipinski definition) is 1. The SMILES string of the molecule is Cc1c(CC#N)ccc2cc(S)sc12. The first kappa shape index (κ1) is 9.57. The second-order valence-corrected chi connectivity index (χ2v) is 5.02. The molecule has 0 saturated heterocycles. The van der Waals surface area contributed by atoms with Gasteiger partial charge in [-0.2, -0.15) is 5.26 Å². The molecule has 1 heterocycles. The van der Waals surface area contributed by atoms with Gasteiger partial charge < -0.3 is 0 Å². The fraction of sp³-hybridized carbons (Fsp3) is 0.182. The Morgan fingerprint density at radius 2 is 2.29 bits per heavy atom. The van der Waals surface area contributed by atoms with Crippen molar-refractivity contribution in [1.29, 1.82) is 5.26 Å². The molecule has 0 N–H and O–H groups in total. The zero-order valence-electron chi connectivity index (χ0n) is 7.74. The van der Waals surface area contributed by atoms with E-state index in [1.807, 2.05) is 6.07 Å². The van der Waals surface area contributed by atoms with Crippen molar-refractivity contribution in [3.8, 4) is 6.07 Å². The van der Waals surface area contributed by atoms with Gasteiger partial charge in [0.1, 0.15) is 0 Å². The smallest absolute Gasteiger partial charge is 0.0669 e. The molecule has 2 rings (SSSR count). The summed E-state index contributed by atoms with van der Waals surface area (Å²) in [6, 6.07) is 8.33. The molecule has 0 atom stereocenters. The molecule has 0 unspecified atom stereocenters. The topological polar surface area (TPSA) is 23.8 Å². The molecule has 3 heteroatoms. The Kier molecular flexibility index (Phi) is 2.49. The largest absolute Gasteiger partial charge is 0.198 e. The molecule has 0 bridgehead atoms. The third kappa shape index (κ3) is 1.52. The summed E-state index contributed by atoms with van der Waals surface area (Å²) in [4.78, 5) is 0. The molecule has 0 aliphatic heterocycles. The summed E-state index contributed by atoms with van der Waals surface area (Å²) in [5.74, 6) is 0. The van der Waals surface area contributed by atoms with Crippen molar-refractivity contribution >= 4 is 34.1 Å². The number of nitrogens with zero attached hydrogens (tertiary/aromatic N) is 1. The van der Waals surface area contributed by atoms with E-state index in [0.717, 1.165) is 9.77 Å². The average molecular weight is 219 g/mol. The lowest BCUT2D eigenvalue weighted by molar-refractivity contribution is 1.23. The average Bonchev–Trinajstić information content (AvgIpc) is 2.52. The minimum absolute atomic E-state index is 0.488. The van der Waals surface area contributed by atoms with Crippen molar-refractivity contribution in [2.45, 2.75) is 17.6 Å². The number of nitriles is 1. The van der Waals surface area contributed by atoms with Gasteiger partial charge in [0.25, 0.3) is 0 Å². The van der Waals surface area contributed by atoms with Crippen LogP contribution in [0.25, 0.3) is 10.1 Å². The lowest BCUT2D eigenvalue weighted by Gasteiger charge is -2.01. The predicted molar refractivity (Wildman–Crippen MR) is 63.1 cm³/mol. The summed E-state index contributed by atoms with van der Waals surface area (Å²) in [6.45, 7) is 2.07. The maximum atomic E-state index is 8.66. The number of fused-ring (bicyclic) bond motifs is 1. The van der Waals surface area contributed by atoms with Gasteiger partial charge in [-0.3, -0.25) is 0 Å². The summed E-state index contributed by atoms with van der Waals surface area (Å²) in [5, 5.41) is 9.88. The van der Waals surface area contributed by atoms with E-state index in [0.29, 0.717) is 6.42 Å². The van der Waals surface area contributed by atoms with Gasteiger partial charge in [0.15, 0.2) is 0 Å². The van der Waals surface area contributed by atoms with Crippen LogP contribution >= 0.6 is 24.0 Å². The minimum atomic E-state index is 0.488. The molecule has 0 aliphatic carbocycles. The highest BCUT2D eigenvalue weighted by atomic mass is 32.2. The van der Waals surface area contributed by atoms with Crippen LogP contribution in [0.15, 0.2) is 22.4 Å². The van der Waals surface area contributed by atoms with Crippen LogP contribution < -0.4 is 0 Å². The van der Waals surface area contributed by atoms with Crippen LogP contribution in [0.4, 0.5) is 0 Å². The number of rotatable bonds is 1. The number of benzene rings is 1. The second kappa shape index (κ2) is 3.64. The van der Waals surface area contributed by atoms with Gasteiger partial charge in [0.05, 0.1) is 16.7 Å². The van der Waals surface area contributed by atoms with Crippen molar-refractivity contribution in [2.24, 2.45) is 0 Å². The zero-order chi connectivity index (χ0) is 10.1. The van der Waals surface area contributed by atoms with Crippen molar-refractivity contribution in [1.82, 2.24) is 0 Å². The first-order valence-corrected chi connectivity index (χ1v) is 5.56. The van der Waals surface area contributed by atoms with Gasteiger partial charge in [-0.15, -0.1) is 24.0 Å². The minimum Gasteiger partial charge on any atom is -0.198 e. The molecule has 0 radical (unpaired) electrons. The fourth-order valence-electron chi connectivity index (χ4n) is 1.55. The summed E-state index contributed by atoms with van der Waals surface area (Å²) >= 11 is 6.00. The van der Waals surface area contributed by atoms with Crippen LogP contribution in [0.1, 0.15) is 11.1 Å². The molecule has 0 aliphatic rings. The van der Waals surface area contributed by atoms with Crippen LogP contribution in [0.5, 0.6) is 0 Å². The third-order valence-electron chi connectivity index (χ3n) is 2.30. The third-order valence-corrected chi connectivity index (χ3v) is 3.78. The van der Waals surface area contributed by atoms with E-state index in [-0.39, 0.29) is 0 Å². The highest BCUT2D eigenvalue weighted by molar-refractivity contribution is 7.83. The molecule has 70 valence electrons. The first-order valence-electron chi connectivity index (χ1n) is 4.30. The number of thiol groups is 1. The van der Waals surface area contributed by atoms with Gasteiger partial charge in [0.2, 0.25) is 0 Å². The van der Waals surface area contributed by atoms with Crippen LogP contribution in [-0.2, 0) is 6.42 Å². The molecule has 14 heavy (non-hydrogen) atoms. The van der Waals surface area contributed by atoms with Crippen molar-refractivity contribution in [3.05, 3.63) is 29.3 Å². The fourth-order valence-corrected chi connectivity index (χ4v) is 2.88. The second-order valence-electron chi connectivity index (χ2n) is 3.19. The Hall–Kier alpha value is -0.980. The van der Waals surface area contributed by atoms with Gasteiger partial charge in [-0.25, -0.2) is 0 Å². The summed E-state index contributed by atoms with van der Waals surface area (Å²) in [7, 11) is 0. The van der Waals surface area contributed by atoms with Gasteiger partial charge >= 0.3 is 0 Å². The molecule has 1 nitrogen and oxygen atoms in total. The summed E-state index contributed by atoms with van der Waals surface area (Å²) < 4.78 is 2.28. The summed E-state index contributed by atoms with van der Waals surface area (Å²) in [5.41, 5.74) is 2.34. The number of hydrogen-bond acceptors (Lipinski definition) is 3. The molecule has 0 saturated carbocycles. The maximum absolute atomic E-state index is 8.66. The predicted octanol–water partition coefficient (Wildman–Crippen LogP) is 3.56. The molecule has 2 aromatic rings. The zero-order valence-corrected chi connectivity index (χ0v) is 9.45. The molecule has 0 fully saturated rings. The molecule has 1 aromatic heterocycles. The van der Waals surface area contributed by atoms with Crippen LogP contribution in [-0.4, -0.2) is 0 Å².